The quantitative estimate of drug-likeness (QED) is 0.868. The number of hydrogen-bond acceptors (Lipinski definition) is 3. The summed E-state index contributed by atoms with van der Waals surface area (Å²) in [7, 11) is 0. The van der Waals surface area contributed by atoms with Crippen LogP contribution in [0.3, 0.4) is 0 Å². The lowest BCUT2D eigenvalue weighted by Gasteiger charge is -2.12. The molecule has 0 aromatic heterocycles. The number of halogens is 1. The fourth-order valence-electron chi connectivity index (χ4n) is 1.72. The summed E-state index contributed by atoms with van der Waals surface area (Å²) in [6.45, 7) is 1.38. The molecular weight excluding hydrogens is 308 g/mol. The maximum Gasteiger partial charge on any atom is 0.163 e. The summed E-state index contributed by atoms with van der Waals surface area (Å²) in [5.74, 6) is 0.956. The first kappa shape index (κ1) is 13.8. The Labute approximate surface area is 120 Å². The molecule has 98 valence electrons. The maximum atomic E-state index is 11.6. The van der Waals surface area contributed by atoms with Gasteiger partial charge in [-0.3, -0.25) is 4.79 Å². The minimum Gasteiger partial charge on any atom is -0.456 e. The van der Waals surface area contributed by atoms with E-state index in [1.807, 2.05) is 12.1 Å². The Hall–Kier alpha value is -1.65. The largest absolute Gasteiger partial charge is 0.456 e. The summed E-state index contributed by atoms with van der Waals surface area (Å²) < 4.78 is 6.59. The van der Waals surface area contributed by atoms with E-state index in [1.54, 1.807) is 30.3 Å². The summed E-state index contributed by atoms with van der Waals surface area (Å²) in [6, 6.07) is 12.4. The molecular formula is C15H13BrO3. The number of ether oxygens (including phenoxy) is 1. The van der Waals surface area contributed by atoms with Crippen LogP contribution in [-0.4, -0.2) is 10.9 Å². The number of carbonyl (C=O) groups excluding carboxylic acids is 1. The zero-order chi connectivity index (χ0) is 13.8. The summed E-state index contributed by atoms with van der Waals surface area (Å²) >= 11 is 3.35. The van der Waals surface area contributed by atoms with Gasteiger partial charge in [0.05, 0.1) is 12.2 Å². The van der Waals surface area contributed by atoms with Gasteiger partial charge in [-0.15, -0.1) is 0 Å². The highest BCUT2D eigenvalue weighted by Gasteiger charge is 2.11. The predicted molar refractivity (Wildman–Crippen MR) is 76.6 cm³/mol. The third-order valence-electron chi connectivity index (χ3n) is 2.69. The molecule has 1 N–H and O–H groups in total. The van der Waals surface area contributed by atoms with Gasteiger partial charge in [-0.25, -0.2) is 0 Å². The molecule has 0 amide bonds. The van der Waals surface area contributed by atoms with Crippen LogP contribution in [0.4, 0.5) is 0 Å². The van der Waals surface area contributed by atoms with Crippen molar-refractivity contribution >= 4 is 21.7 Å². The second-order valence-electron chi connectivity index (χ2n) is 4.06. The van der Waals surface area contributed by atoms with Crippen molar-refractivity contribution in [1.82, 2.24) is 0 Å². The number of aliphatic hydroxyl groups excluding tert-OH is 1. The van der Waals surface area contributed by atoms with Gasteiger partial charge < -0.3 is 9.84 Å². The van der Waals surface area contributed by atoms with Crippen LogP contribution in [0, 0.1) is 0 Å². The zero-order valence-electron chi connectivity index (χ0n) is 10.4. The van der Waals surface area contributed by atoms with Crippen molar-refractivity contribution in [2.45, 2.75) is 13.5 Å². The van der Waals surface area contributed by atoms with Gasteiger partial charge in [-0.1, -0.05) is 34.1 Å². The van der Waals surface area contributed by atoms with Gasteiger partial charge in [0.1, 0.15) is 11.5 Å². The highest BCUT2D eigenvalue weighted by molar-refractivity contribution is 9.10. The highest BCUT2D eigenvalue weighted by Crippen LogP contribution is 2.30. The number of benzene rings is 2. The SMILES string of the molecule is CC(=O)c1ccc(Br)cc1Oc1ccccc1CO. The van der Waals surface area contributed by atoms with Crippen LogP contribution in [0.5, 0.6) is 11.5 Å². The van der Waals surface area contributed by atoms with Gasteiger partial charge in [0.15, 0.2) is 5.78 Å². The van der Waals surface area contributed by atoms with Crippen LogP contribution in [0.25, 0.3) is 0 Å². The number of rotatable bonds is 4. The van der Waals surface area contributed by atoms with Crippen LogP contribution in [0.15, 0.2) is 46.9 Å². The molecule has 0 unspecified atom stereocenters. The second kappa shape index (κ2) is 5.99. The van der Waals surface area contributed by atoms with Crippen LogP contribution >= 0.6 is 15.9 Å². The van der Waals surface area contributed by atoms with Crippen LogP contribution in [0.1, 0.15) is 22.8 Å². The van der Waals surface area contributed by atoms with E-state index in [1.165, 1.54) is 6.92 Å². The molecule has 0 bridgehead atoms. The van der Waals surface area contributed by atoms with E-state index in [4.69, 9.17) is 4.74 Å². The number of hydrogen-bond donors (Lipinski definition) is 1. The van der Waals surface area contributed by atoms with Crippen molar-refractivity contribution in [2.24, 2.45) is 0 Å². The molecule has 4 heteroatoms. The second-order valence-corrected chi connectivity index (χ2v) is 4.98. The average Bonchev–Trinajstić information content (AvgIpc) is 2.39. The number of carbonyl (C=O) groups is 1. The molecule has 19 heavy (non-hydrogen) atoms. The molecule has 0 saturated carbocycles. The predicted octanol–water partition coefficient (Wildman–Crippen LogP) is 3.94. The lowest BCUT2D eigenvalue weighted by molar-refractivity contribution is 0.101. The molecule has 0 heterocycles. The minimum absolute atomic E-state index is 0.0658. The van der Waals surface area contributed by atoms with Gasteiger partial charge >= 0.3 is 0 Å². The number of Topliss-reactive ketones (excluding diaryl/α,β-unsaturated/α-hetero) is 1. The maximum absolute atomic E-state index is 11.6. The number of aliphatic hydroxyl groups is 1. The monoisotopic (exact) mass is 320 g/mol. The number of para-hydroxylation sites is 1. The van der Waals surface area contributed by atoms with E-state index >= 15 is 0 Å². The Morgan fingerprint density at radius 1 is 1.21 bits per heavy atom. The molecule has 0 aliphatic rings. The topological polar surface area (TPSA) is 46.5 Å². The fraction of sp³-hybridized carbons (Fsp3) is 0.133. The van der Waals surface area contributed by atoms with Gasteiger partial charge in [0, 0.05) is 10.0 Å². The van der Waals surface area contributed by atoms with Crippen molar-refractivity contribution in [3.05, 3.63) is 58.1 Å². The molecule has 0 saturated heterocycles. The van der Waals surface area contributed by atoms with Crippen LogP contribution in [-0.2, 0) is 6.61 Å². The summed E-state index contributed by atoms with van der Waals surface area (Å²) in [5, 5.41) is 9.27. The standard InChI is InChI=1S/C15H13BrO3/c1-10(18)13-7-6-12(16)8-15(13)19-14-5-3-2-4-11(14)9-17/h2-8,17H,9H2,1H3. The molecule has 3 nitrogen and oxygen atoms in total. The molecule has 2 aromatic carbocycles. The first-order valence-corrected chi connectivity index (χ1v) is 6.58. The molecule has 0 spiro atoms. The molecule has 0 radical (unpaired) electrons. The van der Waals surface area contributed by atoms with Crippen LogP contribution in [0.2, 0.25) is 0 Å². The molecule has 2 aromatic rings. The molecule has 0 aliphatic heterocycles. The fourth-order valence-corrected chi connectivity index (χ4v) is 2.06. The van der Waals surface area contributed by atoms with E-state index < -0.39 is 0 Å². The molecule has 0 aliphatic carbocycles. The molecule has 2 rings (SSSR count). The van der Waals surface area contributed by atoms with Crippen molar-refractivity contribution in [2.75, 3.05) is 0 Å². The van der Waals surface area contributed by atoms with Crippen molar-refractivity contribution in [1.29, 1.82) is 0 Å². The van der Waals surface area contributed by atoms with Gasteiger partial charge in [0.2, 0.25) is 0 Å². The van der Waals surface area contributed by atoms with Crippen molar-refractivity contribution in [3.63, 3.8) is 0 Å². The molecule has 0 atom stereocenters. The Morgan fingerprint density at radius 2 is 1.95 bits per heavy atom. The Morgan fingerprint density at radius 3 is 2.63 bits per heavy atom. The Kier molecular flexibility index (Phi) is 4.35. The third kappa shape index (κ3) is 3.22. The van der Waals surface area contributed by atoms with E-state index in [0.717, 1.165) is 4.47 Å². The normalized spacial score (nSPS) is 10.3. The third-order valence-corrected chi connectivity index (χ3v) is 3.18. The Bertz CT molecular complexity index is 608. The lowest BCUT2D eigenvalue weighted by Crippen LogP contribution is -1.98. The summed E-state index contributed by atoms with van der Waals surface area (Å²) in [5.41, 5.74) is 1.19. The van der Waals surface area contributed by atoms with E-state index in [9.17, 15) is 9.90 Å². The number of ketones is 1. The van der Waals surface area contributed by atoms with Crippen molar-refractivity contribution in [3.8, 4) is 11.5 Å². The smallest absolute Gasteiger partial charge is 0.163 e. The van der Waals surface area contributed by atoms with Crippen LogP contribution < -0.4 is 4.74 Å². The summed E-state index contributed by atoms with van der Waals surface area (Å²) in [6.07, 6.45) is 0. The molecule has 0 fully saturated rings. The average molecular weight is 321 g/mol. The Balaban J connectivity index is 2.42. The van der Waals surface area contributed by atoms with E-state index in [-0.39, 0.29) is 12.4 Å². The van der Waals surface area contributed by atoms with Crippen molar-refractivity contribution < 1.29 is 14.6 Å². The zero-order valence-corrected chi connectivity index (χ0v) is 12.0. The van der Waals surface area contributed by atoms with E-state index in [2.05, 4.69) is 15.9 Å². The van der Waals surface area contributed by atoms with Gasteiger partial charge in [0.25, 0.3) is 0 Å². The summed E-state index contributed by atoms with van der Waals surface area (Å²) in [4.78, 5) is 11.6. The minimum atomic E-state index is -0.112. The van der Waals surface area contributed by atoms with Gasteiger partial charge in [-0.05, 0) is 31.2 Å². The lowest BCUT2D eigenvalue weighted by atomic mass is 10.1. The highest BCUT2D eigenvalue weighted by atomic mass is 79.9. The van der Waals surface area contributed by atoms with Gasteiger partial charge in [-0.2, -0.15) is 0 Å². The van der Waals surface area contributed by atoms with E-state index in [0.29, 0.717) is 22.6 Å². The first-order valence-electron chi connectivity index (χ1n) is 5.79. The first-order chi connectivity index (χ1) is 9.11.